The molecular weight excluding hydrogens is 376 g/mol. The normalized spacial score (nSPS) is 12.4. The van der Waals surface area contributed by atoms with E-state index >= 15 is 0 Å². The Bertz CT molecular complexity index is 634. The van der Waals surface area contributed by atoms with Gasteiger partial charge in [-0.25, -0.2) is 4.39 Å². The number of rotatable bonds is 5. The van der Waals surface area contributed by atoms with E-state index in [-0.39, 0.29) is 16.9 Å². The van der Waals surface area contributed by atoms with Gasteiger partial charge in [0.1, 0.15) is 5.82 Å². The van der Waals surface area contributed by atoms with Crippen LogP contribution in [0.1, 0.15) is 11.1 Å². The number of hydrogen-bond donors (Lipinski definition) is 1. The monoisotopic (exact) mass is 389 g/mol. The molecule has 2 rings (SSSR count). The third kappa shape index (κ3) is 4.43. The molecule has 21 heavy (non-hydrogen) atoms. The Balaban J connectivity index is 2.15. The molecule has 0 radical (unpaired) electrons. The highest BCUT2D eigenvalue weighted by molar-refractivity contribution is 9.10. The third-order valence-corrected chi connectivity index (χ3v) is 4.52. The van der Waals surface area contributed by atoms with E-state index in [0.29, 0.717) is 23.4 Å². The summed E-state index contributed by atoms with van der Waals surface area (Å²) in [5, 5.41) is 4.07. The molecule has 0 heterocycles. The lowest BCUT2D eigenvalue weighted by Gasteiger charge is -2.18. The summed E-state index contributed by atoms with van der Waals surface area (Å²) < 4.78 is 14.9. The predicted octanol–water partition coefficient (Wildman–Crippen LogP) is 5.27. The van der Waals surface area contributed by atoms with Gasteiger partial charge in [0.25, 0.3) is 0 Å². The highest BCUT2D eigenvalue weighted by atomic mass is 79.9. The van der Waals surface area contributed by atoms with Crippen molar-refractivity contribution in [2.24, 2.45) is 0 Å². The van der Waals surface area contributed by atoms with E-state index in [0.717, 1.165) is 10.0 Å². The maximum atomic E-state index is 14.0. The summed E-state index contributed by atoms with van der Waals surface area (Å²) in [6.45, 7) is 0. The summed E-state index contributed by atoms with van der Waals surface area (Å²) in [6.07, 6.45) is 1.27. The molecule has 0 fully saturated rings. The zero-order chi connectivity index (χ0) is 15.4. The van der Waals surface area contributed by atoms with Crippen LogP contribution < -0.4 is 5.32 Å². The summed E-state index contributed by atoms with van der Waals surface area (Å²) >= 11 is 15.4. The highest BCUT2D eigenvalue weighted by Gasteiger charge is 2.14. The Labute approximate surface area is 142 Å². The molecule has 1 unspecified atom stereocenters. The van der Waals surface area contributed by atoms with Gasteiger partial charge in [0.05, 0.1) is 5.02 Å². The van der Waals surface area contributed by atoms with Gasteiger partial charge in [-0.3, -0.25) is 0 Å². The maximum Gasteiger partial charge on any atom is 0.145 e. The van der Waals surface area contributed by atoms with Crippen LogP contribution in [0.2, 0.25) is 10.0 Å². The van der Waals surface area contributed by atoms with Crippen molar-refractivity contribution in [2.75, 3.05) is 7.05 Å². The van der Waals surface area contributed by atoms with E-state index in [4.69, 9.17) is 23.2 Å². The Kier molecular flexibility index (Phi) is 6.06. The molecule has 0 spiro atoms. The van der Waals surface area contributed by atoms with Crippen LogP contribution in [0, 0.1) is 5.82 Å². The average Bonchev–Trinajstić information content (AvgIpc) is 2.45. The predicted molar refractivity (Wildman–Crippen MR) is 90.8 cm³/mol. The van der Waals surface area contributed by atoms with Crippen LogP contribution in [0.5, 0.6) is 0 Å². The van der Waals surface area contributed by atoms with Crippen LogP contribution >= 0.6 is 39.1 Å². The number of nitrogens with one attached hydrogen (secondary N) is 1. The van der Waals surface area contributed by atoms with Crippen LogP contribution in [0.4, 0.5) is 4.39 Å². The third-order valence-electron chi connectivity index (χ3n) is 3.39. The minimum atomic E-state index is -0.346. The molecule has 5 heteroatoms. The van der Waals surface area contributed by atoms with Crippen LogP contribution in [0.3, 0.4) is 0 Å². The topological polar surface area (TPSA) is 12.0 Å². The molecule has 0 saturated carbocycles. The van der Waals surface area contributed by atoms with Crippen LogP contribution in [-0.2, 0) is 12.8 Å². The minimum Gasteiger partial charge on any atom is -0.316 e. The van der Waals surface area contributed by atoms with Gasteiger partial charge in [-0.05, 0) is 49.2 Å². The lowest BCUT2D eigenvalue weighted by molar-refractivity contribution is 0.532. The van der Waals surface area contributed by atoms with Gasteiger partial charge in [-0.1, -0.05) is 57.3 Å². The number of benzene rings is 2. The summed E-state index contributed by atoms with van der Waals surface area (Å²) in [5.41, 5.74) is 1.64. The largest absolute Gasteiger partial charge is 0.316 e. The molecule has 0 aliphatic rings. The van der Waals surface area contributed by atoms with Crippen LogP contribution in [-0.4, -0.2) is 13.1 Å². The zero-order valence-corrected chi connectivity index (χ0v) is 14.6. The lowest BCUT2D eigenvalue weighted by atomic mass is 9.99. The lowest BCUT2D eigenvalue weighted by Crippen LogP contribution is -2.30. The van der Waals surface area contributed by atoms with E-state index in [1.54, 1.807) is 18.2 Å². The van der Waals surface area contributed by atoms with Gasteiger partial charge in [0.15, 0.2) is 0 Å². The Hall–Kier alpha value is -0.610. The highest BCUT2D eigenvalue weighted by Crippen LogP contribution is 2.24. The molecule has 0 saturated heterocycles. The smallest absolute Gasteiger partial charge is 0.145 e. The SMILES string of the molecule is CNC(Cc1ccc(Br)cc1Cl)Cc1cccc(Cl)c1F. The second-order valence-corrected chi connectivity index (χ2v) is 6.57. The second-order valence-electron chi connectivity index (χ2n) is 4.84. The fourth-order valence-electron chi connectivity index (χ4n) is 2.20. The molecule has 1 nitrogen and oxygen atoms in total. The molecule has 0 aromatic heterocycles. The molecule has 2 aromatic carbocycles. The van der Waals surface area contributed by atoms with Gasteiger partial charge in [-0.2, -0.15) is 0 Å². The Morgan fingerprint density at radius 2 is 1.81 bits per heavy atom. The van der Waals surface area contributed by atoms with Gasteiger partial charge >= 0.3 is 0 Å². The van der Waals surface area contributed by atoms with E-state index < -0.39 is 0 Å². The fourth-order valence-corrected chi connectivity index (χ4v) is 3.15. The van der Waals surface area contributed by atoms with Crippen molar-refractivity contribution in [1.82, 2.24) is 5.32 Å². The molecule has 0 aliphatic heterocycles. The van der Waals surface area contributed by atoms with Crippen molar-refractivity contribution in [1.29, 1.82) is 0 Å². The standard InChI is InChI=1S/C16H15BrCl2FN/c1-21-13(7-10-5-6-12(17)9-15(10)19)8-11-3-2-4-14(18)16(11)20/h2-6,9,13,21H,7-8H2,1H3. The molecule has 0 bridgehead atoms. The van der Waals surface area contributed by atoms with Crippen molar-refractivity contribution in [3.8, 4) is 0 Å². The molecule has 1 N–H and O–H groups in total. The molecule has 1 atom stereocenters. The van der Waals surface area contributed by atoms with E-state index in [2.05, 4.69) is 21.2 Å². The van der Waals surface area contributed by atoms with Crippen molar-refractivity contribution >= 4 is 39.1 Å². The number of likely N-dealkylation sites (N-methyl/N-ethyl adjacent to an activating group) is 1. The number of hydrogen-bond acceptors (Lipinski definition) is 1. The van der Waals surface area contributed by atoms with E-state index in [9.17, 15) is 4.39 Å². The summed E-state index contributed by atoms with van der Waals surface area (Å²) in [4.78, 5) is 0. The van der Waals surface area contributed by atoms with Crippen LogP contribution in [0.15, 0.2) is 40.9 Å². The minimum absolute atomic E-state index is 0.0802. The average molecular weight is 391 g/mol. The summed E-state index contributed by atoms with van der Waals surface area (Å²) in [6, 6.07) is 11.0. The molecular formula is C16H15BrCl2FN. The quantitative estimate of drug-likeness (QED) is 0.733. The number of halogens is 4. The zero-order valence-electron chi connectivity index (χ0n) is 11.5. The van der Waals surface area contributed by atoms with Crippen molar-refractivity contribution < 1.29 is 4.39 Å². The first-order valence-electron chi connectivity index (χ1n) is 6.55. The molecule has 112 valence electrons. The first-order valence-corrected chi connectivity index (χ1v) is 8.10. The Morgan fingerprint density at radius 1 is 1.10 bits per heavy atom. The van der Waals surface area contributed by atoms with E-state index in [1.165, 1.54) is 0 Å². The van der Waals surface area contributed by atoms with Gasteiger partial charge < -0.3 is 5.32 Å². The summed E-state index contributed by atoms with van der Waals surface area (Å²) in [5.74, 6) is -0.346. The van der Waals surface area contributed by atoms with Gasteiger partial charge in [-0.15, -0.1) is 0 Å². The first-order chi connectivity index (χ1) is 10.0. The van der Waals surface area contributed by atoms with Crippen LogP contribution in [0.25, 0.3) is 0 Å². The van der Waals surface area contributed by atoms with Crippen molar-refractivity contribution in [2.45, 2.75) is 18.9 Å². The Morgan fingerprint density at radius 3 is 2.48 bits per heavy atom. The maximum absolute atomic E-state index is 14.0. The fraction of sp³-hybridized carbons (Fsp3) is 0.250. The second kappa shape index (κ2) is 7.59. The van der Waals surface area contributed by atoms with Gasteiger partial charge in [0.2, 0.25) is 0 Å². The van der Waals surface area contributed by atoms with Gasteiger partial charge in [0, 0.05) is 15.5 Å². The van der Waals surface area contributed by atoms with Crippen molar-refractivity contribution in [3.63, 3.8) is 0 Å². The molecule has 0 amide bonds. The molecule has 2 aromatic rings. The van der Waals surface area contributed by atoms with E-state index in [1.807, 2.05) is 25.2 Å². The van der Waals surface area contributed by atoms with Crippen molar-refractivity contribution in [3.05, 3.63) is 67.9 Å². The molecule has 0 aliphatic carbocycles. The summed E-state index contributed by atoms with van der Waals surface area (Å²) in [7, 11) is 1.86. The first kappa shape index (κ1) is 16.8.